The number of benzene rings is 2. The van der Waals surface area contributed by atoms with Gasteiger partial charge in [-0.1, -0.05) is 5.16 Å². The molecule has 1 aromatic heterocycles. The number of aryl methyl sites for hydroxylation is 1. The summed E-state index contributed by atoms with van der Waals surface area (Å²) in [7, 11) is 0. The molecule has 3 aromatic rings. The zero-order valence-electron chi connectivity index (χ0n) is 17.5. The lowest BCUT2D eigenvalue weighted by molar-refractivity contribution is 0.206. The molecule has 0 saturated carbocycles. The summed E-state index contributed by atoms with van der Waals surface area (Å²) in [6, 6.07) is 8.65. The van der Waals surface area contributed by atoms with Crippen molar-refractivity contribution in [3.8, 4) is 22.9 Å². The maximum absolute atomic E-state index is 14.9. The number of hydrogen-bond acceptors (Lipinski definition) is 8. The Morgan fingerprint density at radius 3 is 2.58 bits per heavy atom. The molecule has 2 N–H and O–H groups in total. The van der Waals surface area contributed by atoms with Gasteiger partial charge in [0.15, 0.2) is 11.6 Å². The van der Waals surface area contributed by atoms with Gasteiger partial charge in [0.25, 0.3) is 0 Å². The number of alkyl halides is 1. The summed E-state index contributed by atoms with van der Waals surface area (Å²) in [4.78, 5) is 23.2. The Bertz CT molecular complexity index is 1210. The molecule has 0 aliphatic rings. The predicted octanol–water partition coefficient (Wildman–Crippen LogP) is 4.80. The van der Waals surface area contributed by atoms with Crippen molar-refractivity contribution in [1.29, 1.82) is 0 Å². The van der Waals surface area contributed by atoms with Crippen LogP contribution in [0.3, 0.4) is 0 Å². The SMILES string of the molecule is CSC(=NC(=O)O)C(=Nc1ccc(-c2noc(C)n2)cc1)c1cc(OCCF)cc(O)c1F. The Hall–Kier alpha value is -3.80. The Morgan fingerprint density at radius 2 is 2.00 bits per heavy atom. The number of ether oxygens (including phenoxy) is 1. The van der Waals surface area contributed by atoms with Crippen molar-refractivity contribution in [3.63, 3.8) is 0 Å². The molecule has 9 nitrogen and oxygen atoms in total. The largest absolute Gasteiger partial charge is 0.505 e. The van der Waals surface area contributed by atoms with Crippen molar-refractivity contribution >= 4 is 34.3 Å². The van der Waals surface area contributed by atoms with Crippen LogP contribution in [0.25, 0.3) is 11.4 Å². The second-order valence-corrected chi connectivity index (χ2v) is 7.18. The molecule has 0 spiro atoms. The maximum atomic E-state index is 14.9. The third-order valence-electron chi connectivity index (χ3n) is 4.12. The number of nitrogens with zero attached hydrogens (tertiary/aromatic N) is 4. The molecule has 2 aromatic carbocycles. The molecular weight excluding hydrogens is 458 g/mol. The minimum atomic E-state index is -1.51. The fourth-order valence-electron chi connectivity index (χ4n) is 2.73. The molecule has 0 unspecified atom stereocenters. The molecule has 33 heavy (non-hydrogen) atoms. The van der Waals surface area contributed by atoms with Gasteiger partial charge in [-0.15, -0.1) is 11.8 Å². The minimum Gasteiger partial charge on any atom is -0.505 e. The molecular formula is C21H18F2N4O5S. The van der Waals surface area contributed by atoms with Crippen LogP contribution in [0.4, 0.5) is 19.3 Å². The van der Waals surface area contributed by atoms with Crippen LogP contribution >= 0.6 is 11.8 Å². The highest BCUT2D eigenvalue weighted by molar-refractivity contribution is 8.15. The minimum absolute atomic E-state index is 0.0205. The van der Waals surface area contributed by atoms with Crippen molar-refractivity contribution < 1.29 is 33.0 Å². The second-order valence-electron chi connectivity index (χ2n) is 6.39. The van der Waals surface area contributed by atoms with Gasteiger partial charge in [0.05, 0.1) is 5.69 Å². The number of phenolic OH excluding ortho intramolecular Hbond substituents is 1. The van der Waals surface area contributed by atoms with E-state index in [1.807, 2.05) is 0 Å². The van der Waals surface area contributed by atoms with E-state index in [1.165, 1.54) is 6.07 Å². The van der Waals surface area contributed by atoms with Crippen molar-refractivity contribution in [3.05, 3.63) is 53.7 Å². The molecule has 0 bridgehead atoms. The smallest absolute Gasteiger partial charge is 0.432 e. The van der Waals surface area contributed by atoms with E-state index in [1.54, 1.807) is 37.4 Å². The third-order valence-corrected chi connectivity index (χ3v) is 4.79. The number of hydrogen-bond donors (Lipinski definition) is 2. The molecule has 0 atom stereocenters. The number of rotatable bonds is 7. The number of halogens is 2. The van der Waals surface area contributed by atoms with Crippen LogP contribution in [0.2, 0.25) is 0 Å². The molecule has 3 rings (SSSR count). The highest BCUT2D eigenvalue weighted by Crippen LogP contribution is 2.30. The fraction of sp³-hybridized carbons (Fsp3) is 0.190. The quantitative estimate of drug-likeness (QED) is 0.367. The van der Waals surface area contributed by atoms with Gasteiger partial charge in [0, 0.05) is 24.1 Å². The summed E-state index contributed by atoms with van der Waals surface area (Å²) in [5.41, 5.74) is 0.541. The zero-order chi connectivity index (χ0) is 24.0. The molecule has 1 amide bonds. The summed E-state index contributed by atoms with van der Waals surface area (Å²) < 4.78 is 37.5. The first-order valence-electron chi connectivity index (χ1n) is 9.39. The van der Waals surface area contributed by atoms with Gasteiger partial charge < -0.3 is 19.5 Å². The van der Waals surface area contributed by atoms with E-state index in [0.29, 0.717) is 23.0 Å². The highest BCUT2D eigenvalue weighted by atomic mass is 32.2. The van der Waals surface area contributed by atoms with Crippen LogP contribution in [-0.4, -0.2) is 56.7 Å². The Balaban J connectivity index is 2.12. The maximum Gasteiger partial charge on any atom is 0.432 e. The van der Waals surface area contributed by atoms with Gasteiger partial charge in [-0.2, -0.15) is 9.98 Å². The van der Waals surface area contributed by atoms with Crippen LogP contribution in [0, 0.1) is 12.7 Å². The van der Waals surface area contributed by atoms with Gasteiger partial charge in [0.1, 0.15) is 29.8 Å². The first kappa shape index (κ1) is 23.9. The van der Waals surface area contributed by atoms with Gasteiger partial charge in [-0.3, -0.25) is 0 Å². The molecule has 1 heterocycles. The number of aliphatic imine (C=N–C) groups is 2. The summed E-state index contributed by atoms with van der Waals surface area (Å²) in [5, 5.41) is 22.9. The van der Waals surface area contributed by atoms with Crippen LogP contribution < -0.4 is 4.74 Å². The van der Waals surface area contributed by atoms with Gasteiger partial charge in [-0.25, -0.2) is 18.6 Å². The van der Waals surface area contributed by atoms with Crippen molar-refractivity contribution in [2.24, 2.45) is 9.98 Å². The first-order chi connectivity index (χ1) is 15.8. The topological polar surface area (TPSA) is 130 Å². The number of aromatic hydroxyl groups is 1. The third kappa shape index (κ3) is 5.92. The van der Waals surface area contributed by atoms with E-state index in [9.17, 15) is 18.7 Å². The monoisotopic (exact) mass is 476 g/mol. The fourth-order valence-corrected chi connectivity index (χ4v) is 3.25. The summed E-state index contributed by atoms with van der Waals surface area (Å²) in [6.45, 7) is 0.548. The summed E-state index contributed by atoms with van der Waals surface area (Å²) in [6.07, 6.45) is 0.0320. The van der Waals surface area contributed by atoms with E-state index in [4.69, 9.17) is 14.4 Å². The number of aromatic nitrogens is 2. The highest BCUT2D eigenvalue weighted by Gasteiger charge is 2.21. The Labute approximate surface area is 190 Å². The lowest BCUT2D eigenvalue weighted by Crippen LogP contribution is -2.16. The van der Waals surface area contributed by atoms with E-state index in [2.05, 4.69) is 20.1 Å². The molecule has 172 valence electrons. The molecule has 0 fully saturated rings. The van der Waals surface area contributed by atoms with Crippen molar-refractivity contribution in [1.82, 2.24) is 10.1 Å². The van der Waals surface area contributed by atoms with Crippen LogP contribution in [-0.2, 0) is 0 Å². The Kier molecular flexibility index (Phi) is 7.72. The first-order valence-corrected chi connectivity index (χ1v) is 10.6. The molecule has 0 aliphatic heterocycles. The molecule has 0 saturated heterocycles. The molecule has 0 aliphatic carbocycles. The zero-order valence-corrected chi connectivity index (χ0v) is 18.3. The molecule has 0 radical (unpaired) electrons. The van der Waals surface area contributed by atoms with E-state index < -0.39 is 24.3 Å². The van der Waals surface area contributed by atoms with Crippen LogP contribution in [0.1, 0.15) is 11.5 Å². The number of phenols is 1. The average Bonchev–Trinajstić information content (AvgIpc) is 3.23. The normalized spacial score (nSPS) is 12.1. The van der Waals surface area contributed by atoms with Crippen molar-refractivity contribution in [2.75, 3.05) is 19.5 Å². The van der Waals surface area contributed by atoms with Crippen LogP contribution in [0.5, 0.6) is 11.5 Å². The van der Waals surface area contributed by atoms with Crippen LogP contribution in [0.15, 0.2) is 50.9 Å². The van der Waals surface area contributed by atoms with Gasteiger partial charge in [-0.05, 0) is 36.6 Å². The lowest BCUT2D eigenvalue weighted by Gasteiger charge is -2.13. The predicted molar refractivity (Wildman–Crippen MR) is 119 cm³/mol. The number of carbonyl (C=O) groups is 1. The molecule has 12 heteroatoms. The average molecular weight is 476 g/mol. The summed E-state index contributed by atoms with van der Waals surface area (Å²) in [5.74, 6) is -1.09. The number of thioether (sulfide) groups is 1. The van der Waals surface area contributed by atoms with E-state index in [-0.39, 0.29) is 28.7 Å². The van der Waals surface area contributed by atoms with Crippen molar-refractivity contribution in [2.45, 2.75) is 6.92 Å². The second kappa shape index (κ2) is 10.7. The number of carboxylic acid groups (broad SMARTS) is 1. The van der Waals surface area contributed by atoms with Gasteiger partial charge in [0.2, 0.25) is 11.7 Å². The Morgan fingerprint density at radius 1 is 1.27 bits per heavy atom. The van der Waals surface area contributed by atoms with Gasteiger partial charge >= 0.3 is 6.09 Å². The lowest BCUT2D eigenvalue weighted by atomic mass is 10.1. The standard InChI is InChI=1S/C21H18F2N4O5S/c1-11-24-19(27-32-11)12-3-5-13(6-4-12)25-18(20(33-2)26-21(29)30)15-9-14(31-8-7-22)10-16(28)17(15)23/h3-6,9-10,28H,7-8H2,1-2H3,(H,29,30). The summed E-state index contributed by atoms with van der Waals surface area (Å²) >= 11 is 0.918. The van der Waals surface area contributed by atoms with E-state index >= 15 is 0 Å². The van der Waals surface area contributed by atoms with E-state index in [0.717, 1.165) is 17.8 Å². The number of amides is 1.